The first-order valence-corrected chi connectivity index (χ1v) is 15.2. The summed E-state index contributed by atoms with van der Waals surface area (Å²) in [6.07, 6.45) is -12.1. The number of hydrogen-bond acceptors (Lipinski definition) is 20. The van der Waals surface area contributed by atoms with Gasteiger partial charge in [-0.2, -0.15) is 15.0 Å². The van der Waals surface area contributed by atoms with Gasteiger partial charge in [-0.1, -0.05) is 8.90 Å². The van der Waals surface area contributed by atoms with Gasteiger partial charge in [0.1, 0.15) is 36.6 Å². The molecule has 24 nitrogen and oxygen atoms in total. The van der Waals surface area contributed by atoms with Crippen molar-refractivity contribution in [2.45, 2.75) is 49.1 Å². The molecule has 26 heteroatoms. The smallest absolute Gasteiger partial charge is 0.449 e. The van der Waals surface area contributed by atoms with Crippen LogP contribution in [0, 0.1) is 0 Å². The lowest BCUT2D eigenvalue weighted by molar-refractivity contribution is -0.167. The summed E-state index contributed by atoms with van der Waals surface area (Å²) >= 11 is 0. The number of fused-ring (bicyclic) bond motifs is 2. The Bertz CT molecular complexity index is 2010. The lowest BCUT2D eigenvalue weighted by Gasteiger charge is -2.21. The van der Waals surface area contributed by atoms with Crippen LogP contribution in [0.3, 0.4) is 0 Å². The summed E-state index contributed by atoms with van der Waals surface area (Å²) in [6, 6.07) is 0. The van der Waals surface area contributed by atoms with Crippen molar-refractivity contribution in [2.24, 2.45) is 0 Å². The summed E-state index contributed by atoms with van der Waals surface area (Å²) in [4.78, 5) is 65.6. The van der Waals surface area contributed by atoms with Crippen LogP contribution in [-0.2, 0) is 18.6 Å². The fraction of sp³-hybridized carbons (Fsp3) is 0.500. The molecule has 0 radical (unpaired) electrons. The third-order valence-electron chi connectivity index (χ3n) is 7.41. The minimum atomic E-state index is -3.92. The van der Waals surface area contributed by atoms with Crippen LogP contribution in [0.5, 0.6) is 0 Å². The van der Waals surface area contributed by atoms with Crippen LogP contribution in [0.2, 0.25) is 0 Å². The van der Waals surface area contributed by atoms with Crippen molar-refractivity contribution in [2.75, 3.05) is 24.4 Å². The molecular formula is C20H22N10O14P2. The highest BCUT2D eigenvalue weighted by Gasteiger charge is 2.48. The Hall–Kier alpha value is -3.90. The van der Waals surface area contributed by atoms with Crippen LogP contribution in [0.4, 0.5) is 11.9 Å². The predicted molar refractivity (Wildman–Crippen MR) is 143 cm³/mol. The highest BCUT2D eigenvalue weighted by molar-refractivity contribution is 7.45. The number of ether oxygens (including phenoxy) is 2. The normalized spacial score (nSPS) is 28.8. The van der Waals surface area contributed by atoms with E-state index in [2.05, 4.69) is 25.4 Å². The Morgan fingerprint density at radius 3 is 2.02 bits per heavy atom. The van der Waals surface area contributed by atoms with Gasteiger partial charge < -0.3 is 55.6 Å². The highest BCUT2D eigenvalue weighted by Crippen LogP contribution is 2.36. The van der Waals surface area contributed by atoms with Gasteiger partial charge in [-0.3, -0.25) is 19.6 Å². The zero-order valence-corrected chi connectivity index (χ0v) is 24.4. The summed E-state index contributed by atoms with van der Waals surface area (Å²) in [5.41, 5.74) is 2.62. The molecule has 10 atom stereocenters. The van der Waals surface area contributed by atoms with E-state index in [1.165, 1.54) is 0 Å². The molecule has 4 aromatic heterocycles. The Labute approximate surface area is 253 Å². The van der Waals surface area contributed by atoms with E-state index in [0.29, 0.717) is 9.24 Å². The minimum Gasteiger partial charge on any atom is -0.588 e. The molecule has 0 spiro atoms. The Morgan fingerprint density at radius 1 is 0.870 bits per heavy atom. The fourth-order valence-corrected chi connectivity index (χ4v) is 6.44. The van der Waals surface area contributed by atoms with Crippen molar-refractivity contribution >= 4 is 56.0 Å². The van der Waals surface area contributed by atoms with Gasteiger partial charge in [0.15, 0.2) is 29.1 Å². The molecule has 246 valence electrons. The van der Waals surface area contributed by atoms with Crippen LogP contribution >= 0.6 is 16.2 Å². The lowest BCUT2D eigenvalue weighted by Crippen LogP contribution is -2.35. The van der Waals surface area contributed by atoms with Gasteiger partial charge in [-0.15, -0.1) is 0 Å². The average molecular weight is 688 g/mol. The maximum absolute atomic E-state index is 13.2. The highest BCUT2D eigenvalue weighted by atomic mass is 31.1. The van der Waals surface area contributed by atoms with Gasteiger partial charge >= 0.3 is 32.9 Å². The summed E-state index contributed by atoms with van der Waals surface area (Å²) in [5, 5.41) is 60.8. The van der Waals surface area contributed by atoms with Crippen molar-refractivity contribution in [1.82, 2.24) is 38.1 Å². The van der Waals surface area contributed by atoms with Gasteiger partial charge in [0.05, 0.1) is 19.5 Å². The molecule has 2 saturated heterocycles. The molecule has 46 heavy (non-hydrogen) atoms. The second-order valence-corrected chi connectivity index (χ2v) is 11.8. The number of aromatic nitrogens is 8. The van der Waals surface area contributed by atoms with Crippen LogP contribution in [0.15, 0.2) is 15.9 Å². The van der Waals surface area contributed by atoms with E-state index in [0.717, 1.165) is 10.9 Å². The number of aliphatic hydroxyl groups is 6. The van der Waals surface area contributed by atoms with Gasteiger partial charge in [0.2, 0.25) is 11.6 Å². The van der Waals surface area contributed by atoms with Crippen molar-refractivity contribution in [3.8, 4) is 0 Å². The first-order valence-electron chi connectivity index (χ1n) is 12.9. The van der Waals surface area contributed by atoms with E-state index in [4.69, 9.17) is 15.2 Å². The number of nitrogen functional groups attached to an aromatic ring is 1. The third-order valence-corrected chi connectivity index (χ3v) is 8.75. The summed E-state index contributed by atoms with van der Waals surface area (Å²) < 4.78 is 38.3. The molecule has 2 aliphatic rings. The number of anilines is 2. The molecule has 2 fully saturated rings. The van der Waals surface area contributed by atoms with Crippen molar-refractivity contribution in [3.05, 3.63) is 27.0 Å². The molecule has 4 aromatic rings. The van der Waals surface area contributed by atoms with E-state index in [9.17, 15) is 59.1 Å². The van der Waals surface area contributed by atoms with Crippen LogP contribution in [0.25, 0.3) is 22.3 Å². The zero-order valence-electron chi connectivity index (χ0n) is 22.6. The molecule has 0 amide bonds. The fourth-order valence-electron chi connectivity index (χ4n) is 5.29. The predicted octanol–water partition coefficient (Wildman–Crippen LogP) is -7.23. The standard InChI is InChI=1S/C20H22N10O14P2/c21-18-24-12(37)6-14(27(3-22-6)16-10(35)8(33)4(1-31)43-16)29(18)26-19-25-13(38)7-15(30(19)46(41)42)28(20(23-7)45(39)40)17-11(36)9(34)5(2-32)44-17/h3-5,8-11,16-17,31-36H,1-2H2,(H2,21,24,37)(H,25,26,38). The average Bonchev–Trinajstić information content (AvgIpc) is 3.75. The molecular weight excluding hydrogens is 666 g/mol. The maximum atomic E-state index is 13.2. The molecule has 10 unspecified atom stereocenters. The second-order valence-electron chi connectivity index (χ2n) is 10.0. The molecule has 2 aliphatic heterocycles. The molecule has 6 rings (SSSR count). The van der Waals surface area contributed by atoms with Crippen molar-refractivity contribution in [3.63, 3.8) is 0 Å². The molecule has 0 bridgehead atoms. The molecule has 6 heterocycles. The van der Waals surface area contributed by atoms with E-state index in [1.54, 1.807) is 0 Å². The van der Waals surface area contributed by atoms with E-state index < -0.39 is 124 Å². The van der Waals surface area contributed by atoms with E-state index >= 15 is 0 Å². The molecule has 9 N–H and O–H groups in total. The molecule has 0 aliphatic carbocycles. The summed E-state index contributed by atoms with van der Waals surface area (Å²) in [7, 11) is -7.64. The lowest BCUT2D eigenvalue weighted by atomic mass is 10.1. The molecule has 0 saturated carbocycles. The Morgan fingerprint density at radius 2 is 1.46 bits per heavy atom. The Kier molecular flexibility index (Phi) is 8.17. The first-order chi connectivity index (χ1) is 21.8. The topological polar surface area (TPSA) is 364 Å². The van der Waals surface area contributed by atoms with Gasteiger partial charge in [0, 0.05) is 0 Å². The number of rotatable bonds is 8. The van der Waals surface area contributed by atoms with Crippen LogP contribution < -0.4 is 37.6 Å². The summed E-state index contributed by atoms with van der Waals surface area (Å²) in [6.45, 7) is -1.54. The first kappa shape index (κ1) is 32.1. The maximum Gasteiger partial charge on any atom is 0.449 e. The third kappa shape index (κ3) is 4.79. The van der Waals surface area contributed by atoms with Gasteiger partial charge in [-0.25, -0.2) is 14.2 Å². The number of hydrogen-bond donors (Lipinski definition) is 8. The van der Waals surface area contributed by atoms with E-state index in [-0.39, 0.29) is 9.98 Å². The number of nitrogens with two attached hydrogens (primary N) is 1. The number of imidazole rings is 2. The number of nitrogens with one attached hydrogen (secondary N) is 1. The SMILES string of the molecule is Nc1nc(=O)c2ncn(C3OC(CO)C(O)C3O)c2n1Nc1nc(=O)c2nc([P+](=O)[O-])n(C3OC(CO)C(O)C3O)c2n1[P+](=O)[O-]. The van der Waals surface area contributed by atoms with E-state index in [1.807, 2.05) is 0 Å². The summed E-state index contributed by atoms with van der Waals surface area (Å²) in [5.74, 6) is -1.60. The van der Waals surface area contributed by atoms with Crippen molar-refractivity contribution in [1.29, 1.82) is 0 Å². The van der Waals surface area contributed by atoms with Gasteiger partial charge in [0.25, 0.3) is 5.95 Å². The quantitative estimate of drug-likeness (QED) is 0.0797. The number of nitrogens with zero attached hydrogens (tertiary/aromatic N) is 8. The molecule has 0 aromatic carbocycles. The van der Waals surface area contributed by atoms with Crippen molar-refractivity contribution < 1.29 is 59.0 Å². The second kappa shape index (κ2) is 11.7. The van der Waals surface area contributed by atoms with Crippen LogP contribution in [0.1, 0.15) is 12.5 Å². The monoisotopic (exact) mass is 688 g/mol. The largest absolute Gasteiger partial charge is 0.588 e. The minimum absolute atomic E-state index is 0.257. The number of aliphatic hydroxyl groups excluding tert-OH is 6. The van der Waals surface area contributed by atoms with Gasteiger partial charge in [-0.05, 0) is 4.57 Å². The zero-order chi connectivity index (χ0) is 33.4. The van der Waals surface area contributed by atoms with Crippen LogP contribution in [-0.4, -0.2) is 119 Å². The Balaban J connectivity index is 1.59.